The molecule has 0 aliphatic heterocycles. The summed E-state index contributed by atoms with van der Waals surface area (Å²) in [5.74, 6) is -0.146. The van der Waals surface area contributed by atoms with Gasteiger partial charge in [0.15, 0.2) is 5.65 Å². The molecule has 0 aromatic carbocycles. The van der Waals surface area contributed by atoms with Gasteiger partial charge in [-0.05, 0) is 39.2 Å². The van der Waals surface area contributed by atoms with Crippen LogP contribution in [0.4, 0.5) is 0 Å². The van der Waals surface area contributed by atoms with Gasteiger partial charge in [-0.2, -0.15) is 5.10 Å². The van der Waals surface area contributed by atoms with Gasteiger partial charge in [-0.15, -0.1) is 0 Å². The van der Waals surface area contributed by atoms with E-state index in [4.69, 9.17) is 0 Å². The Morgan fingerprint density at radius 1 is 1.39 bits per heavy atom. The molecule has 2 aromatic heterocycles. The summed E-state index contributed by atoms with van der Waals surface area (Å²) in [6.45, 7) is 8.44. The molecule has 0 aliphatic rings. The van der Waals surface area contributed by atoms with Crippen molar-refractivity contribution in [3.63, 3.8) is 0 Å². The van der Waals surface area contributed by atoms with Gasteiger partial charge in [0.1, 0.15) is 0 Å². The summed E-state index contributed by atoms with van der Waals surface area (Å²) in [6, 6.07) is 2.02. The number of aromatic nitrogens is 3. The Labute approximate surface area is 136 Å². The number of amides is 1. The van der Waals surface area contributed by atoms with E-state index in [-0.39, 0.29) is 18.1 Å². The van der Waals surface area contributed by atoms with Crippen LogP contribution in [0.25, 0.3) is 11.0 Å². The minimum atomic E-state index is -0.373. The predicted octanol–water partition coefficient (Wildman–Crippen LogP) is 2.60. The number of aliphatic hydroxyl groups excluding tert-OH is 1. The third kappa shape index (κ3) is 3.88. The van der Waals surface area contributed by atoms with Crippen LogP contribution in [0.2, 0.25) is 0 Å². The molecule has 0 saturated heterocycles. The number of carbonyl (C=O) groups excluding carboxylic acids is 1. The van der Waals surface area contributed by atoms with Crippen molar-refractivity contribution < 1.29 is 9.90 Å². The van der Waals surface area contributed by atoms with E-state index in [2.05, 4.69) is 29.2 Å². The van der Waals surface area contributed by atoms with Gasteiger partial charge in [0.05, 0.1) is 29.3 Å². The molecule has 23 heavy (non-hydrogen) atoms. The molecule has 2 rings (SSSR count). The molecule has 126 valence electrons. The largest absolute Gasteiger partial charge is 0.393 e. The fraction of sp³-hybridized carbons (Fsp3) is 0.588. The molecule has 6 heteroatoms. The molecule has 0 spiro atoms. The highest BCUT2D eigenvalue weighted by Crippen LogP contribution is 2.22. The van der Waals surface area contributed by atoms with Crippen LogP contribution in [0.1, 0.15) is 62.1 Å². The van der Waals surface area contributed by atoms with E-state index >= 15 is 0 Å². The van der Waals surface area contributed by atoms with Gasteiger partial charge < -0.3 is 10.4 Å². The molecule has 0 bridgehead atoms. The van der Waals surface area contributed by atoms with Crippen LogP contribution in [0.15, 0.2) is 12.3 Å². The number of aliphatic hydroxyl groups is 1. The maximum atomic E-state index is 12.5. The maximum absolute atomic E-state index is 12.5. The summed E-state index contributed by atoms with van der Waals surface area (Å²) in [5, 5.41) is 17.6. The molecule has 0 fully saturated rings. The summed E-state index contributed by atoms with van der Waals surface area (Å²) in [7, 11) is 0. The van der Waals surface area contributed by atoms with Crippen molar-refractivity contribution in [1.82, 2.24) is 20.1 Å². The Kier molecular flexibility index (Phi) is 5.71. The van der Waals surface area contributed by atoms with Crippen LogP contribution < -0.4 is 5.32 Å². The van der Waals surface area contributed by atoms with Gasteiger partial charge in [-0.1, -0.05) is 13.8 Å². The molecule has 0 radical (unpaired) electrons. The van der Waals surface area contributed by atoms with Crippen molar-refractivity contribution in [2.24, 2.45) is 0 Å². The number of aryl methyl sites for hydroxylation is 1. The lowest BCUT2D eigenvalue weighted by atomic mass is 10.1. The molecule has 2 aromatic rings. The number of pyridine rings is 1. The van der Waals surface area contributed by atoms with Crippen LogP contribution in [0.5, 0.6) is 0 Å². The molecule has 0 aliphatic carbocycles. The van der Waals surface area contributed by atoms with Crippen LogP contribution in [-0.2, 0) is 0 Å². The van der Waals surface area contributed by atoms with Gasteiger partial charge in [0.2, 0.25) is 0 Å². The topological polar surface area (TPSA) is 80.0 Å². The predicted molar refractivity (Wildman–Crippen MR) is 90.5 cm³/mol. The Morgan fingerprint density at radius 2 is 2.13 bits per heavy atom. The fourth-order valence-electron chi connectivity index (χ4n) is 2.48. The van der Waals surface area contributed by atoms with E-state index in [0.717, 1.165) is 23.1 Å². The summed E-state index contributed by atoms with van der Waals surface area (Å²) in [5.41, 5.74) is 2.13. The number of hydrogen-bond donors (Lipinski definition) is 2. The first-order valence-electron chi connectivity index (χ1n) is 8.29. The molecule has 2 unspecified atom stereocenters. The van der Waals surface area contributed by atoms with Gasteiger partial charge in [-0.25, -0.2) is 9.67 Å². The summed E-state index contributed by atoms with van der Waals surface area (Å²) >= 11 is 0. The summed E-state index contributed by atoms with van der Waals surface area (Å²) in [6.07, 6.45) is 3.53. The molecule has 2 N–H and O–H groups in total. The van der Waals surface area contributed by atoms with E-state index in [1.807, 2.05) is 18.5 Å². The first-order chi connectivity index (χ1) is 11.0. The number of nitrogens with one attached hydrogen (secondary N) is 1. The smallest absolute Gasteiger partial charge is 0.252 e. The van der Waals surface area contributed by atoms with Crippen molar-refractivity contribution in [2.45, 2.75) is 59.1 Å². The van der Waals surface area contributed by atoms with Crippen molar-refractivity contribution in [3.8, 4) is 0 Å². The molecule has 6 nitrogen and oxygen atoms in total. The van der Waals surface area contributed by atoms with Crippen LogP contribution in [0, 0.1) is 6.92 Å². The minimum Gasteiger partial charge on any atom is -0.393 e. The Balaban J connectivity index is 2.26. The summed E-state index contributed by atoms with van der Waals surface area (Å²) < 4.78 is 1.87. The average molecular weight is 318 g/mol. The van der Waals surface area contributed by atoms with Gasteiger partial charge in [0, 0.05) is 12.2 Å². The number of rotatable bonds is 7. The second kappa shape index (κ2) is 7.55. The zero-order chi connectivity index (χ0) is 17.0. The molecule has 2 atom stereocenters. The Hall–Kier alpha value is -1.95. The second-order valence-corrected chi connectivity index (χ2v) is 6.00. The Morgan fingerprint density at radius 3 is 2.78 bits per heavy atom. The lowest BCUT2D eigenvalue weighted by Gasteiger charge is -2.12. The standard InChI is InChI=1S/C17H26N4O2/c1-5-12(4)21-16-15(10-19-21)14(9-11(3)20-16)17(23)18-8-7-13(22)6-2/h9-10,12-13,22H,5-8H2,1-4H3,(H,18,23). The number of carbonyl (C=O) groups is 1. The number of nitrogens with zero attached hydrogens (tertiary/aromatic N) is 3. The quantitative estimate of drug-likeness (QED) is 0.822. The third-order valence-corrected chi connectivity index (χ3v) is 4.18. The minimum absolute atomic E-state index is 0.146. The molecule has 2 heterocycles. The second-order valence-electron chi connectivity index (χ2n) is 6.00. The first kappa shape index (κ1) is 17.4. The van der Waals surface area contributed by atoms with Crippen molar-refractivity contribution in [3.05, 3.63) is 23.5 Å². The fourth-order valence-corrected chi connectivity index (χ4v) is 2.48. The molecular weight excluding hydrogens is 292 g/mol. The molecule has 1 amide bonds. The normalized spacial score (nSPS) is 14.0. The zero-order valence-corrected chi connectivity index (χ0v) is 14.3. The average Bonchev–Trinajstić information content (AvgIpc) is 2.96. The van der Waals surface area contributed by atoms with E-state index < -0.39 is 0 Å². The van der Waals surface area contributed by atoms with E-state index in [9.17, 15) is 9.90 Å². The lowest BCUT2D eigenvalue weighted by molar-refractivity contribution is 0.0943. The van der Waals surface area contributed by atoms with E-state index in [0.29, 0.717) is 24.9 Å². The monoisotopic (exact) mass is 318 g/mol. The van der Waals surface area contributed by atoms with Crippen LogP contribution in [-0.4, -0.2) is 38.4 Å². The van der Waals surface area contributed by atoms with Crippen LogP contribution in [0.3, 0.4) is 0 Å². The van der Waals surface area contributed by atoms with Gasteiger partial charge in [0.25, 0.3) is 5.91 Å². The number of fused-ring (bicyclic) bond motifs is 1. The highest BCUT2D eigenvalue weighted by molar-refractivity contribution is 6.05. The zero-order valence-electron chi connectivity index (χ0n) is 14.3. The first-order valence-corrected chi connectivity index (χ1v) is 8.29. The van der Waals surface area contributed by atoms with E-state index in [1.165, 1.54) is 0 Å². The van der Waals surface area contributed by atoms with Crippen molar-refractivity contribution in [1.29, 1.82) is 0 Å². The molecular formula is C17H26N4O2. The number of hydrogen-bond acceptors (Lipinski definition) is 4. The highest BCUT2D eigenvalue weighted by Gasteiger charge is 2.17. The highest BCUT2D eigenvalue weighted by atomic mass is 16.3. The molecule has 0 saturated carbocycles. The summed E-state index contributed by atoms with van der Waals surface area (Å²) in [4.78, 5) is 17.0. The Bertz CT molecular complexity index is 681. The lowest BCUT2D eigenvalue weighted by Crippen LogP contribution is -2.27. The van der Waals surface area contributed by atoms with E-state index in [1.54, 1.807) is 12.3 Å². The van der Waals surface area contributed by atoms with Crippen LogP contribution >= 0.6 is 0 Å². The van der Waals surface area contributed by atoms with Gasteiger partial charge in [-0.3, -0.25) is 4.79 Å². The SMILES string of the molecule is CCC(O)CCNC(=O)c1cc(C)nc2c1cnn2C(C)CC. The maximum Gasteiger partial charge on any atom is 0.252 e. The van der Waals surface area contributed by atoms with Crippen molar-refractivity contribution >= 4 is 16.9 Å². The van der Waals surface area contributed by atoms with Crippen molar-refractivity contribution in [2.75, 3.05) is 6.54 Å². The third-order valence-electron chi connectivity index (χ3n) is 4.18. The van der Waals surface area contributed by atoms with Gasteiger partial charge >= 0.3 is 0 Å².